The molecule has 1 saturated heterocycles. The predicted molar refractivity (Wildman–Crippen MR) is 161 cm³/mol. The van der Waals surface area contributed by atoms with Gasteiger partial charge in [-0.05, 0) is 56.4 Å². The predicted octanol–water partition coefficient (Wildman–Crippen LogP) is 4.71. The maximum Gasteiger partial charge on any atom is 0.269 e. The lowest BCUT2D eigenvalue weighted by Gasteiger charge is -2.34. The molecule has 0 radical (unpaired) electrons. The number of hydrogen-bond acceptors (Lipinski definition) is 7. The smallest absolute Gasteiger partial charge is 0.269 e. The van der Waals surface area contributed by atoms with Crippen molar-refractivity contribution in [3.05, 3.63) is 97.1 Å². The summed E-state index contributed by atoms with van der Waals surface area (Å²) in [6.07, 6.45) is 7.09. The van der Waals surface area contributed by atoms with Crippen molar-refractivity contribution < 1.29 is 8.42 Å². The Balaban J connectivity index is 1.37. The number of fused-ring (bicyclic) bond motifs is 2. The van der Waals surface area contributed by atoms with Crippen molar-refractivity contribution in [3.8, 4) is 22.5 Å². The first kappa shape index (κ1) is 25.4. The number of imidazole rings is 1. The Morgan fingerprint density at radius 1 is 0.756 bits per heavy atom. The van der Waals surface area contributed by atoms with Gasteiger partial charge in [-0.3, -0.25) is 0 Å². The average molecular weight is 564 g/mol. The fourth-order valence-electron chi connectivity index (χ4n) is 5.30. The molecule has 2 aromatic carbocycles. The van der Waals surface area contributed by atoms with Gasteiger partial charge in [0.15, 0.2) is 5.65 Å². The highest BCUT2D eigenvalue weighted by Crippen LogP contribution is 2.33. The van der Waals surface area contributed by atoms with Crippen LogP contribution in [0.1, 0.15) is 5.56 Å². The fraction of sp³-hybridized carbons (Fsp3) is 0.194. The number of piperazine rings is 1. The van der Waals surface area contributed by atoms with Crippen LogP contribution in [0, 0.1) is 6.92 Å². The molecule has 0 unspecified atom stereocenters. The average Bonchev–Trinajstić information content (AvgIpc) is 3.64. The van der Waals surface area contributed by atoms with Crippen molar-refractivity contribution in [3.63, 3.8) is 0 Å². The number of pyridine rings is 1. The summed E-state index contributed by atoms with van der Waals surface area (Å²) < 4.78 is 30.4. The Labute approximate surface area is 238 Å². The first-order valence-corrected chi connectivity index (χ1v) is 15.0. The third kappa shape index (κ3) is 4.55. The van der Waals surface area contributed by atoms with E-state index in [0.717, 1.165) is 48.5 Å². The fourth-order valence-corrected chi connectivity index (χ4v) is 6.59. The number of anilines is 1. The zero-order valence-electron chi connectivity index (χ0n) is 22.8. The molecule has 9 nitrogen and oxygen atoms in total. The van der Waals surface area contributed by atoms with Crippen LogP contribution in [0.25, 0.3) is 39.3 Å². The van der Waals surface area contributed by atoms with Crippen molar-refractivity contribution in [2.45, 2.75) is 11.8 Å². The van der Waals surface area contributed by atoms with Crippen molar-refractivity contribution in [2.24, 2.45) is 0 Å². The number of nitrogens with zero attached hydrogens (tertiary/aromatic N) is 7. The number of aromatic nitrogens is 5. The molecule has 0 N–H and O–H groups in total. The van der Waals surface area contributed by atoms with E-state index in [2.05, 4.69) is 46.1 Å². The topological polar surface area (TPSA) is 88.6 Å². The summed E-state index contributed by atoms with van der Waals surface area (Å²) in [5.74, 6) is 0. The van der Waals surface area contributed by atoms with E-state index in [1.807, 2.05) is 35.9 Å². The summed E-state index contributed by atoms with van der Waals surface area (Å²) in [5.41, 5.74) is 6.76. The van der Waals surface area contributed by atoms with Gasteiger partial charge < -0.3 is 14.2 Å². The number of rotatable bonds is 5. The summed E-state index contributed by atoms with van der Waals surface area (Å²) in [6, 6.07) is 20.8. The molecule has 0 spiro atoms. The van der Waals surface area contributed by atoms with E-state index in [0.29, 0.717) is 16.9 Å². The number of likely N-dealkylation sites (N-methyl/N-ethyl adjacent to an activating group) is 1. The van der Waals surface area contributed by atoms with Crippen LogP contribution >= 0.6 is 0 Å². The Kier molecular flexibility index (Phi) is 6.09. The van der Waals surface area contributed by atoms with Gasteiger partial charge >= 0.3 is 0 Å². The standard InChI is InChI=1S/C31H29N7O2S/c1-22-3-10-26(11-4-22)41(39,40)38-15-13-27-31(38)34-30(24-7-12-28-32-14-16-37(28)21-24)29(33-27)23-5-8-25(9-6-23)36-19-17-35(2)18-20-36/h3-16,21H,17-20H2,1-2H3. The summed E-state index contributed by atoms with van der Waals surface area (Å²) in [7, 11) is -1.72. The molecule has 0 aliphatic carbocycles. The second-order valence-electron chi connectivity index (χ2n) is 10.5. The van der Waals surface area contributed by atoms with Crippen LogP contribution in [0.5, 0.6) is 0 Å². The summed E-state index contributed by atoms with van der Waals surface area (Å²) in [6.45, 7) is 5.97. The van der Waals surface area contributed by atoms with E-state index in [4.69, 9.17) is 9.97 Å². The minimum atomic E-state index is -3.87. The summed E-state index contributed by atoms with van der Waals surface area (Å²) in [4.78, 5) is 19.3. The van der Waals surface area contributed by atoms with Gasteiger partial charge in [-0.25, -0.2) is 27.3 Å². The number of hydrogen-bond donors (Lipinski definition) is 0. The molecule has 5 heterocycles. The largest absolute Gasteiger partial charge is 0.369 e. The normalized spacial score (nSPS) is 14.7. The van der Waals surface area contributed by atoms with Crippen LogP contribution in [-0.2, 0) is 10.0 Å². The molecule has 10 heteroatoms. The highest BCUT2D eigenvalue weighted by atomic mass is 32.2. The van der Waals surface area contributed by atoms with Crippen molar-refractivity contribution in [1.82, 2.24) is 28.2 Å². The molecule has 4 aromatic heterocycles. The van der Waals surface area contributed by atoms with E-state index in [1.54, 1.807) is 36.5 Å². The molecule has 1 aliphatic heterocycles. The highest BCUT2D eigenvalue weighted by molar-refractivity contribution is 7.90. The Hall–Kier alpha value is -4.54. The number of benzene rings is 2. The van der Waals surface area contributed by atoms with E-state index in [1.165, 1.54) is 15.9 Å². The molecular weight excluding hydrogens is 534 g/mol. The van der Waals surface area contributed by atoms with Gasteiger partial charge in [-0.2, -0.15) is 0 Å². The van der Waals surface area contributed by atoms with E-state index < -0.39 is 10.0 Å². The zero-order chi connectivity index (χ0) is 28.1. The van der Waals surface area contributed by atoms with Gasteiger partial charge in [0.25, 0.3) is 10.0 Å². The quantitative estimate of drug-likeness (QED) is 0.300. The molecule has 0 bridgehead atoms. The van der Waals surface area contributed by atoms with Crippen LogP contribution in [0.3, 0.4) is 0 Å². The van der Waals surface area contributed by atoms with Gasteiger partial charge in [0.2, 0.25) is 0 Å². The molecule has 6 aromatic rings. The lowest BCUT2D eigenvalue weighted by atomic mass is 10.0. The molecule has 0 saturated carbocycles. The van der Waals surface area contributed by atoms with Gasteiger partial charge in [0.1, 0.15) is 16.9 Å². The summed E-state index contributed by atoms with van der Waals surface area (Å²) in [5, 5.41) is 0. The minimum absolute atomic E-state index is 0.201. The Morgan fingerprint density at radius 3 is 2.22 bits per heavy atom. The van der Waals surface area contributed by atoms with Crippen LogP contribution in [0.2, 0.25) is 0 Å². The van der Waals surface area contributed by atoms with Crippen LogP contribution < -0.4 is 4.90 Å². The van der Waals surface area contributed by atoms with Crippen LogP contribution in [-0.4, -0.2) is 69.9 Å². The van der Waals surface area contributed by atoms with Gasteiger partial charge in [-0.15, -0.1) is 0 Å². The molecule has 206 valence electrons. The van der Waals surface area contributed by atoms with E-state index >= 15 is 0 Å². The highest BCUT2D eigenvalue weighted by Gasteiger charge is 2.23. The second-order valence-corrected chi connectivity index (χ2v) is 12.3. The third-order valence-electron chi connectivity index (χ3n) is 7.73. The monoisotopic (exact) mass is 563 g/mol. The molecule has 41 heavy (non-hydrogen) atoms. The lowest BCUT2D eigenvalue weighted by molar-refractivity contribution is 0.313. The van der Waals surface area contributed by atoms with Crippen molar-refractivity contribution in [1.29, 1.82) is 0 Å². The van der Waals surface area contributed by atoms with Crippen molar-refractivity contribution >= 4 is 32.5 Å². The molecule has 1 aliphatic rings. The molecule has 1 fully saturated rings. The minimum Gasteiger partial charge on any atom is -0.369 e. The van der Waals surface area contributed by atoms with Gasteiger partial charge in [-0.1, -0.05) is 29.8 Å². The third-order valence-corrected chi connectivity index (χ3v) is 9.41. The van der Waals surface area contributed by atoms with Gasteiger partial charge in [0, 0.05) is 67.8 Å². The summed E-state index contributed by atoms with van der Waals surface area (Å²) >= 11 is 0. The lowest BCUT2D eigenvalue weighted by Crippen LogP contribution is -2.44. The zero-order valence-corrected chi connectivity index (χ0v) is 23.7. The first-order valence-electron chi connectivity index (χ1n) is 13.6. The first-order chi connectivity index (χ1) is 19.9. The Morgan fingerprint density at radius 2 is 1.46 bits per heavy atom. The van der Waals surface area contributed by atoms with E-state index in [-0.39, 0.29) is 10.5 Å². The van der Waals surface area contributed by atoms with Crippen molar-refractivity contribution in [2.75, 3.05) is 38.1 Å². The maximum absolute atomic E-state index is 13.6. The molecule has 0 atom stereocenters. The SMILES string of the molecule is Cc1ccc(S(=O)(=O)n2ccc3nc(-c4ccc(N5CCN(C)CC5)cc4)c(-c4ccc5nccn5c4)nc32)cc1. The van der Waals surface area contributed by atoms with E-state index in [9.17, 15) is 8.42 Å². The molecule has 7 rings (SSSR count). The molecule has 0 amide bonds. The molecular formula is C31H29N7O2S. The van der Waals surface area contributed by atoms with Crippen LogP contribution in [0.15, 0.2) is 96.4 Å². The van der Waals surface area contributed by atoms with Crippen LogP contribution in [0.4, 0.5) is 5.69 Å². The Bertz CT molecular complexity index is 1990. The second kappa shape index (κ2) is 9.83. The maximum atomic E-state index is 13.6. The number of aryl methyl sites for hydroxylation is 1. The van der Waals surface area contributed by atoms with Gasteiger partial charge in [0.05, 0.1) is 10.6 Å².